The molecule has 0 radical (unpaired) electrons. The van der Waals surface area contributed by atoms with Crippen molar-refractivity contribution >= 4 is 11.8 Å². The number of hydrogen-bond acceptors (Lipinski definition) is 4. The highest BCUT2D eigenvalue weighted by Crippen LogP contribution is 2.13. The van der Waals surface area contributed by atoms with Crippen molar-refractivity contribution in [3.8, 4) is 0 Å². The van der Waals surface area contributed by atoms with Gasteiger partial charge in [0.2, 0.25) is 0 Å². The third-order valence-corrected chi connectivity index (χ3v) is 3.43. The maximum absolute atomic E-state index is 11.0. The lowest BCUT2D eigenvalue weighted by atomic mass is 10.0. The van der Waals surface area contributed by atoms with Gasteiger partial charge in [0.1, 0.15) is 5.82 Å². The largest absolute Gasteiger partial charge is 0.477 e. The van der Waals surface area contributed by atoms with Gasteiger partial charge in [-0.2, -0.15) is 0 Å². The Morgan fingerprint density at radius 1 is 1.36 bits per heavy atom. The van der Waals surface area contributed by atoms with Gasteiger partial charge in [-0.25, -0.2) is 9.78 Å². The molecule has 0 aromatic carbocycles. The quantitative estimate of drug-likeness (QED) is 0.651. The van der Waals surface area contributed by atoms with Crippen LogP contribution >= 0.6 is 0 Å². The molecule has 22 heavy (non-hydrogen) atoms. The Morgan fingerprint density at radius 2 is 2.00 bits per heavy atom. The van der Waals surface area contributed by atoms with Gasteiger partial charge in [0, 0.05) is 25.7 Å². The minimum Gasteiger partial charge on any atom is -0.477 e. The third-order valence-electron chi connectivity index (χ3n) is 3.43. The molecule has 0 aliphatic heterocycles. The van der Waals surface area contributed by atoms with Gasteiger partial charge in [-0.15, -0.1) is 13.2 Å². The molecule has 0 aliphatic carbocycles. The van der Waals surface area contributed by atoms with E-state index in [0.717, 1.165) is 13.1 Å². The van der Waals surface area contributed by atoms with E-state index >= 15 is 0 Å². The number of pyridine rings is 1. The van der Waals surface area contributed by atoms with Crippen molar-refractivity contribution in [3.05, 3.63) is 49.2 Å². The molecule has 1 aromatic rings. The summed E-state index contributed by atoms with van der Waals surface area (Å²) in [6, 6.07) is 5.21. The molecule has 0 aliphatic rings. The second kappa shape index (κ2) is 9.00. The Hall–Kier alpha value is -2.14. The third kappa shape index (κ3) is 5.33. The molecule has 120 valence electrons. The fraction of sp³-hybridized carbons (Fsp3) is 0.412. The van der Waals surface area contributed by atoms with Gasteiger partial charge in [0.15, 0.2) is 5.69 Å². The summed E-state index contributed by atoms with van der Waals surface area (Å²) in [5.41, 5.74) is 0.0418. The Morgan fingerprint density at radius 3 is 2.50 bits per heavy atom. The summed E-state index contributed by atoms with van der Waals surface area (Å²) in [4.78, 5) is 17.3. The Balaban J connectivity index is 2.79. The van der Waals surface area contributed by atoms with Crippen LogP contribution < -0.4 is 5.32 Å². The van der Waals surface area contributed by atoms with E-state index < -0.39 is 5.97 Å². The van der Waals surface area contributed by atoms with E-state index in [1.165, 1.54) is 6.07 Å². The van der Waals surface area contributed by atoms with E-state index in [2.05, 4.69) is 42.2 Å². The van der Waals surface area contributed by atoms with E-state index in [9.17, 15) is 4.79 Å². The van der Waals surface area contributed by atoms with Crippen molar-refractivity contribution in [2.75, 3.05) is 25.0 Å². The number of carboxylic acids is 1. The zero-order valence-electron chi connectivity index (χ0n) is 13.3. The maximum Gasteiger partial charge on any atom is 0.354 e. The van der Waals surface area contributed by atoms with Gasteiger partial charge >= 0.3 is 5.97 Å². The lowest BCUT2D eigenvalue weighted by Gasteiger charge is -2.33. The van der Waals surface area contributed by atoms with Crippen LogP contribution in [-0.2, 0) is 0 Å². The second-order valence-electron chi connectivity index (χ2n) is 5.44. The minimum atomic E-state index is -1.02. The highest BCUT2D eigenvalue weighted by molar-refractivity contribution is 5.85. The SMILES string of the molecule is C=CCN(CC=C)C(CNc1cccc(C(=O)O)n1)C(C)C. The normalized spacial score (nSPS) is 12.2. The molecule has 1 heterocycles. The predicted octanol–water partition coefficient (Wildman–Crippen LogP) is 2.89. The first-order valence-corrected chi connectivity index (χ1v) is 7.39. The van der Waals surface area contributed by atoms with Crippen molar-refractivity contribution < 1.29 is 9.90 Å². The van der Waals surface area contributed by atoms with Crippen molar-refractivity contribution in [1.29, 1.82) is 0 Å². The number of carboxylic acid groups (broad SMARTS) is 1. The molecular weight excluding hydrogens is 278 g/mol. The van der Waals surface area contributed by atoms with Crippen molar-refractivity contribution in [2.45, 2.75) is 19.9 Å². The topological polar surface area (TPSA) is 65.5 Å². The van der Waals surface area contributed by atoms with Crippen LogP contribution in [0.2, 0.25) is 0 Å². The molecular formula is C17H25N3O2. The number of nitrogens with one attached hydrogen (secondary N) is 1. The summed E-state index contributed by atoms with van der Waals surface area (Å²) in [6.45, 7) is 14.1. The first-order chi connectivity index (χ1) is 10.5. The van der Waals surface area contributed by atoms with E-state index in [-0.39, 0.29) is 11.7 Å². The molecule has 0 bridgehead atoms. The van der Waals surface area contributed by atoms with Crippen LogP contribution in [0.25, 0.3) is 0 Å². The van der Waals surface area contributed by atoms with E-state index in [4.69, 9.17) is 5.11 Å². The number of anilines is 1. The first-order valence-electron chi connectivity index (χ1n) is 7.39. The Bertz CT molecular complexity index is 504. The molecule has 0 amide bonds. The number of aromatic carboxylic acids is 1. The minimum absolute atomic E-state index is 0.0418. The fourth-order valence-electron chi connectivity index (χ4n) is 2.32. The summed E-state index contributed by atoms with van der Waals surface area (Å²) < 4.78 is 0. The molecule has 0 saturated heterocycles. The summed E-state index contributed by atoms with van der Waals surface area (Å²) >= 11 is 0. The molecule has 5 heteroatoms. The smallest absolute Gasteiger partial charge is 0.354 e. The van der Waals surface area contributed by atoms with Crippen LogP contribution in [0.4, 0.5) is 5.82 Å². The molecule has 0 saturated carbocycles. The standard InChI is InChI=1S/C17H25N3O2/c1-5-10-20(11-6-2)15(13(3)4)12-18-16-9-7-8-14(19-16)17(21)22/h5-9,13,15H,1-2,10-12H2,3-4H3,(H,18,19)(H,21,22). The zero-order chi connectivity index (χ0) is 16.5. The lowest BCUT2D eigenvalue weighted by molar-refractivity contribution is 0.0690. The summed E-state index contributed by atoms with van der Waals surface area (Å²) in [7, 11) is 0. The molecule has 0 spiro atoms. The average molecular weight is 303 g/mol. The molecule has 5 nitrogen and oxygen atoms in total. The highest BCUT2D eigenvalue weighted by atomic mass is 16.4. The zero-order valence-corrected chi connectivity index (χ0v) is 13.3. The maximum atomic E-state index is 11.0. The molecule has 1 rings (SSSR count). The van der Waals surface area contributed by atoms with Crippen molar-refractivity contribution in [3.63, 3.8) is 0 Å². The second-order valence-corrected chi connectivity index (χ2v) is 5.44. The van der Waals surface area contributed by atoms with Crippen LogP contribution in [-0.4, -0.2) is 46.6 Å². The van der Waals surface area contributed by atoms with Gasteiger partial charge in [0.25, 0.3) is 0 Å². The van der Waals surface area contributed by atoms with Gasteiger partial charge < -0.3 is 10.4 Å². The summed E-state index contributed by atoms with van der Waals surface area (Å²) in [6.07, 6.45) is 3.75. The van der Waals surface area contributed by atoms with Gasteiger partial charge in [-0.1, -0.05) is 32.1 Å². The molecule has 1 aromatic heterocycles. The summed E-state index contributed by atoms with van der Waals surface area (Å²) in [5.74, 6) is -0.0261. The van der Waals surface area contributed by atoms with E-state index in [0.29, 0.717) is 18.3 Å². The van der Waals surface area contributed by atoms with E-state index in [1.54, 1.807) is 12.1 Å². The Kier molecular flexibility index (Phi) is 7.32. The number of rotatable bonds is 10. The average Bonchev–Trinajstić information content (AvgIpc) is 2.47. The van der Waals surface area contributed by atoms with Crippen LogP contribution in [0.15, 0.2) is 43.5 Å². The van der Waals surface area contributed by atoms with Crippen molar-refractivity contribution in [2.24, 2.45) is 5.92 Å². The van der Waals surface area contributed by atoms with Crippen LogP contribution in [0, 0.1) is 5.92 Å². The monoisotopic (exact) mass is 303 g/mol. The predicted molar refractivity (Wildman–Crippen MR) is 90.3 cm³/mol. The number of aromatic nitrogens is 1. The molecule has 1 atom stereocenters. The summed E-state index contributed by atoms with van der Waals surface area (Å²) in [5, 5.41) is 12.2. The van der Waals surface area contributed by atoms with Crippen LogP contribution in [0.5, 0.6) is 0 Å². The molecule has 2 N–H and O–H groups in total. The van der Waals surface area contributed by atoms with Gasteiger partial charge in [-0.05, 0) is 18.1 Å². The lowest BCUT2D eigenvalue weighted by Crippen LogP contribution is -2.44. The van der Waals surface area contributed by atoms with E-state index in [1.807, 2.05) is 12.2 Å². The number of nitrogens with zero attached hydrogens (tertiary/aromatic N) is 2. The van der Waals surface area contributed by atoms with Gasteiger partial charge in [0.05, 0.1) is 0 Å². The number of carbonyl (C=O) groups is 1. The first kappa shape index (κ1) is 17.9. The highest BCUT2D eigenvalue weighted by Gasteiger charge is 2.20. The van der Waals surface area contributed by atoms with Gasteiger partial charge in [-0.3, -0.25) is 4.90 Å². The number of hydrogen-bond donors (Lipinski definition) is 2. The molecule has 1 unspecified atom stereocenters. The van der Waals surface area contributed by atoms with Crippen LogP contribution in [0.1, 0.15) is 24.3 Å². The van der Waals surface area contributed by atoms with Crippen LogP contribution in [0.3, 0.4) is 0 Å². The van der Waals surface area contributed by atoms with Crippen molar-refractivity contribution in [1.82, 2.24) is 9.88 Å². The Labute approximate surface area is 132 Å². The fourth-order valence-corrected chi connectivity index (χ4v) is 2.32. The molecule has 0 fully saturated rings.